The summed E-state index contributed by atoms with van der Waals surface area (Å²) in [7, 11) is 0. The van der Waals surface area contributed by atoms with Crippen LogP contribution in [0.2, 0.25) is 0 Å². The van der Waals surface area contributed by atoms with Crippen LogP contribution in [0.5, 0.6) is 0 Å². The zero-order valence-corrected chi connectivity index (χ0v) is 12.8. The van der Waals surface area contributed by atoms with Crippen LogP contribution in [-0.4, -0.2) is 6.61 Å². The summed E-state index contributed by atoms with van der Waals surface area (Å²) in [6.07, 6.45) is 2.72. The van der Waals surface area contributed by atoms with E-state index in [-0.39, 0.29) is 0 Å². The van der Waals surface area contributed by atoms with Gasteiger partial charge in [-0.1, -0.05) is 0 Å². The van der Waals surface area contributed by atoms with Gasteiger partial charge in [-0.25, -0.2) is 0 Å². The fourth-order valence-corrected chi connectivity index (χ4v) is 1.14. The quantitative estimate of drug-likeness (QED) is 0.613. The van der Waals surface area contributed by atoms with Crippen LogP contribution in [0, 0.1) is 12.0 Å². The zero-order chi connectivity index (χ0) is 10.2. The Hall–Kier alpha value is 0.283. The van der Waals surface area contributed by atoms with Crippen LogP contribution in [0.1, 0.15) is 18.4 Å². The van der Waals surface area contributed by atoms with Crippen molar-refractivity contribution in [1.82, 2.24) is 0 Å². The largest absolute Gasteiger partial charge is 0.379 e. The molecule has 1 aromatic carbocycles. The predicted octanol–water partition coefficient (Wildman–Crippen LogP) is 3.26. The molecule has 14 heavy (non-hydrogen) atoms. The Morgan fingerprint density at radius 3 is 2.79 bits per heavy atom. The molecule has 1 nitrogen and oxygen atoms in total. The molecule has 0 aromatic heterocycles. The van der Waals surface area contributed by atoms with Gasteiger partial charge in [0.2, 0.25) is 0 Å². The van der Waals surface area contributed by atoms with E-state index in [0.29, 0.717) is 0 Å². The minimum absolute atomic E-state index is 0.720. The molecule has 0 radical (unpaired) electrons. The number of hydrogen-bond donors (Lipinski definition) is 0. The molecule has 3 heteroatoms. The van der Waals surface area contributed by atoms with E-state index < -0.39 is 0 Å². The van der Waals surface area contributed by atoms with Gasteiger partial charge < -0.3 is 4.74 Å². The van der Waals surface area contributed by atoms with Crippen LogP contribution in [-0.2, 0) is 27.7 Å². The smallest absolute Gasteiger partial charge is 0.0497 e. The third-order valence-corrected chi connectivity index (χ3v) is 2.08. The molecule has 72 valence electrons. The van der Waals surface area contributed by atoms with Crippen LogP contribution in [0.4, 0.5) is 0 Å². The summed E-state index contributed by atoms with van der Waals surface area (Å²) in [5, 5.41) is 0. The van der Waals surface area contributed by atoms with Gasteiger partial charge in [0.15, 0.2) is 0 Å². The summed E-state index contributed by atoms with van der Waals surface area (Å²) >= 11 is 4.25. The summed E-state index contributed by atoms with van der Waals surface area (Å²) in [6, 6.07) is 11.1. The maximum atomic E-state index is 5.51. The Labute approximate surface area is 102 Å². The molecule has 0 spiro atoms. The van der Waals surface area contributed by atoms with Crippen LogP contribution in [0.3, 0.4) is 0 Å². The van der Waals surface area contributed by atoms with E-state index in [1.54, 1.807) is 0 Å². The fraction of sp³-hybridized carbons (Fsp3) is 0.455. The SMILES string of the molecule is [Zn+][Br].[c-]1ccccc1COCC1CC1. The van der Waals surface area contributed by atoms with Gasteiger partial charge in [-0.15, -0.1) is 5.56 Å². The van der Waals surface area contributed by atoms with Crippen LogP contribution >= 0.6 is 13.6 Å². The van der Waals surface area contributed by atoms with E-state index in [0.717, 1.165) is 24.7 Å². The van der Waals surface area contributed by atoms with Crippen molar-refractivity contribution >= 4 is 13.6 Å². The van der Waals surface area contributed by atoms with Gasteiger partial charge >= 0.3 is 30.0 Å². The monoisotopic (exact) mass is 304 g/mol. The average Bonchev–Trinajstić information content (AvgIpc) is 3.07. The molecule has 1 saturated carbocycles. The third-order valence-electron chi connectivity index (χ3n) is 2.08. The molecule has 0 unspecified atom stereocenters. The normalized spacial score (nSPS) is 14.5. The summed E-state index contributed by atoms with van der Waals surface area (Å²) in [5.74, 6) is 0.855. The molecule has 0 N–H and O–H groups in total. The first kappa shape index (κ1) is 12.4. The molecule has 1 aliphatic carbocycles. The molecule has 0 atom stereocenters. The van der Waals surface area contributed by atoms with Crippen molar-refractivity contribution in [2.24, 2.45) is 5.92 Å². The van der Waals surface area contributed by atoms with Gasteiger partial charge in [-0.3, -0.25) is 0 Å². The standard InChI is InChI=1S/C11H13O.BrH.Zn/c1-2-4-10(5-3-1)8-12-9-11-6-7-11;;/h1-4,11H,6-9H2;1H;/q-1;;+2/p-1. The molecule has 0 bridgehead atoms. The van der Waals surface area contributed by atoms with Crippen molar-refractivity contribution in [3.05, 3.63) is 35.9 Å². The van der Waals surface area contributed by atoms with Gasteiger partial charge in [0.05, 0.1) is 0 Å². The van der Waals surface area contributed by atoms with Crippen LogP contribution < -0.4 is 0 Å². The fourth-order valence-electron chi connectivity index (χ4n) is 1.14. The Morgan fingerprint density at radius 1 is 1.43 bits per heavy atom. The number of ether oxygens (including phenoxy) is 1. The van der Waals surface area contributed by atoms with Crippen molar-refractivity contribution in [1.29, 1.82) is 0 Å². The number of halogens is 1. The zero-order valence-electron chi connectivity index (χ0n) is 8.21. The van der Waals surface area contributed by atoms with Crippen molar-refractivity contribution in [3.8, 4) is 0 Å². The van der Waals surface area contributed by atoms with E-state index in [2.05, 4.69) is 19.7 Å². The van der Waals surface area contributed by atoms with Crippen molar-refractivity contribution in [2.45, 2.75) is 19.4 Å². The second-order valence-corrected chi connectivity index (χ2v) is 3.35. The van der Waals surface area contributed by atoms with Crippen LogP contribution in [0.25, 0.3) is 0 Å². The van der Waals surface area contributed by atoms with E-state index in [1.165, 1.54) is 29.2 Å². The van der Waals surface area contributed by atoms with E-state index in [4.69, 9.17) is 4.74 Å². The molecular weight excluding hydrogens is 293 g/mol. The van der Waals surface area contributed by atoms with Gasteiger partial charge in [-0.2, -0.15) is 30.3 Å². The minimum Gasteiger partial charge on any atom is -0.379 e. The average molecular weight is 307 g/mol. The molecule has 0 heterocycles. The topological polar surface area (TPSA) is 9.23 Å². The molecule has 2 rings (SSSR count). The molecule has 0 saturated heterocycles. The first-order valence-corrected chi connectivity index (χ1v) is 11.7. The van der Waals surface area contributed by atoms with Gasteiger partial charge in [0.25, 0.3) is 0 Å². The first-order valence-electron chi connectivity index (χ1n) is 4.75. The summed E-state index contributed by atoms with van der Waals surface area (Å²) in [5.41, 5.74) is 1.15. The van der Waals surface area contributed by atoms with Gasteiger partial charge in [-0.05, 0) is 18.8 Å². The molecule has 1 aromatic rings. The third kappa shape index (κ3) is 5.24. The minimum atomic E-state index is 0.720. The van der Waals surface area contributed by atoms with Crippen molar-refractivity contribution in [2.75, 3.05) is 6.61 Å². The summed E-state index contributed by atoms with van der Waals surface area (Å²) in [6.45, 7) is 1.65. The maximum absolute atomic E-state index is 5.51. The summed E-state index contributed by atoms with van der Waals surface area (Å²) < 4.78 is 5.51. The Balaban J connectivity index is 0.000000461. The second-order valence-electron chi connectivity index (χ2n) is 3.35. The number of benzene rings is 1. The Kier molecular flexibility index (Phi) is 6.67. The van der Waals surface area contributed by atoms with E-state index >= 15 is 0 Å². The molecular formula is C11H13BrOZn. The Morgan fingerprint density at radius 2 is 2.21 bits per heavy atom. The maximum Gasteiger partial charge on any atom is 0.0497 e. The van der Waals surface area contributed by atoms with E-state index in [1.807, 2.05) is 24.3 Å². The first-order chi connectivity index (χ1) is 6.95. The predicted molar refractivity (Wildman–Crippen MR) is 56.6 cm³/mol. The second kappa shape index (κ2) is 7.56. The molecule has 1 aliphatic rings. The number of rotatable bonds is 4. The number of hydrogen-bond acceptors (Lipinski definition) is 1. The van der Waals surface area contributed by atoms with Gasteiger partial charge in [0, 0.05) is 13.2 Å². The van der Waals surface area contributed by atoms with Crippen molar-refractivity contribution < 1.29 is 21.1 Å². The summed E-state index contributed by atoms with van der Waals surface area (Å²) in [4.78, 5) is 0. The van der Waals surface area contributed by atoms with Crippen LogP contribution in [0.15, 0.2) is 24.3 Å². The molecule has 0 amide bonds. The van der Waals surface area contributed by atoms with Gasteiger partial charge in [0.1, 0.15) is 0 Å². The molecule has 0 aliphatic heterocycles. The Bertz CT molecular complexity index is 236. The van der Waals surface area contributed by atoms with E-state index in [9.17, 15) is 0 Å². The van der Waals surface area contributed by atoms with Crippen molar-refractivity contribution in [3.63, 3.8) is 0 Å². The molecule has 1 fully saturated rings.